The summed E-state index contributed by atoms with van der Waals surface area (Å²) in [4.78, 5) is 13.1. The van der Waals surface area contributed by atoms with Crippen molar-refractivity contribution < 1.29 is 9.18 Å². The molecule has 0 N–H and O–H groups in total. The normalized spacial score (nSPS) is 20.6. The lowest BCUT2D eigenvalue weighted by molar-refractivity contribution is 0.112. The molecule has 0 aliphatic carbocycles. The molecule has 98 valence electrons. The van der Waals surface area contributed by atoms with Crippen molar-refractivity contribution in [3.63, 3.8) is 0 Å². The van der Waals surface area contributed by atoms with Crippen LogP contribution in [0.5, 0.6) is 0 Å². The van der Waals surface area contributed by atoms with E-state index >= 15 is 0 Å². The molecule has 0 aromatic heterocycles. The molecule has 1 aliphatic heterocycles. The van der Waals surface area contributed by atoms with Crippen LogP contribution in [0, 0.1) is 5.82 Å². The summed E-state index contributed by atoms with van der Waals surface area (Å²) in [5, 5.41) is 0. The Hall–Kier alpha value is -1.38. The van der Waals surface area contributed by atoms with Crippen LogP contribution in [0.3, 0.4) is 0 Å². The molecule has 18 heavy (non-hydrogen) atoms. The molecule has 0 radical (unpaired) electrons. The van der Waals surface area contributed by atoms with E-state index < -0.39 is 0 Å². The summed E-state index contributed by atoms with van der Waals surface area (Å²) in [5.74, 6) is -0.325. The van der Waals surface area contributed by atoms with Gasteiger partial charge in [0.25, 0.3) is 0 Å². The summed E-state index contributed by atoms with van der Waals surface area (Å²) in [7, 11) is 0. The van der Waals surface area contributed by atoms with Crippen LogP contribution in [0.15, 0.2) is 18.2 Å². The molecule has 1 saturated heterocycles. The standard InChI is InChI=1S/C15H20FNO/c1-2-14-6-4-3-5-7-17(14)15-9-12(11-18)8-13(16)10-15/h8-11,14H,2-7H2,1H3. The Labute approximate surface area is 108 Å². The maximum atomic E-state index is 13.5. The van der Waals surface area contributed by atoms with E-state index in [0.29, 0.717) is 17.9 Å². The minimum atomic E-state index is -0.325. The fourth-order valence-corrected chi connectivity index (χ4v) is 2.77. The maximum absolute atomic E-state index is 13.5. The van der Waals surface area contributed by atoms with Gasteiger partial charge in [-0.3, -0.25) is 4.79 Å². The van der Waals surface area contributed by atoms with Crippen molar-refractivity contribution in [1.29, 1.82) is 0 Å². The number of hydrogen-bond donors (Lipinski definition) is 0. The van der Waals surface area contributed by atoms with Gasteiger partial charge in [0.15, 0.2) is 0 Å². The first-order valence-electron chi connectivity index (χ1n) is 6.77. The van der Waals surface area contributed by atoms with Gasteiger partial charge in [0.05, 0.1) is 0 Å². The van der Waals surface area contributed by atoms with Crippen LogP contribution in [0.1, 0.15) is 49.4 Å². The van der Waals surface area contributed by atoms with Crippen molar-refractivity contribution in [3.05, 3.63) is 29.6 Å². The molecule has 3 heteroatoms. The second-order valence-electron chi connectivity index (χ2n) is 4.97. The van der Waals surface area contributed by atoms with Gasteiger partial charge in [-0.25, -0.2) is 4.39 Å². The van der Waals surface area contributed by atoms with Crippen LogP contribution >= 0.6 is 0 Å². The first-order valence-corrected chi connectivity index (χ1v) is 6.77. The van der Waals surface area contributed by atoms with Gasteiger partial charge in [0.1, 0.15) is 12.1 Å². The average Bonchev–Trinajstić information content (AvgIpc) is 2.62. The number of carbonyl (C=O) groups is 1. The molecule has 1 aromatic rings. The van der Waals surface area contributed by atoms with Crippen molar-refractivity contribution in [2.75, 3.05) is 11.4 Å². The quantitative estimate of drug-likeness (QED) is 0.759. The molecule has 1 aromatic carbocycles. The summed E-state index contributed by atoms with van der Waals surface area (Å²) < 4.78 is 13.5. The lowest BCUT2D eigenvalue weighted by Crippen LogP contribution is -2.34. The monoisotopic (exact) mass is 249 g/mol. The summed E-state index contributed by atoms with van der Waals surface area (Å²) in [6, 6.07) is 5.09. The summed E-state index contributed by atoms with van der Waals surface area (Å²) in [6.07, 6.45) is 6.55. The molecule has 1 heterocycles. The molecule has 0 spiro atoms. The highest BCUT2D eigenvalue weighted by Crippen LogP contribution is 2.27. The minimum Gasteiger partial charge on any atom is -0.368 e. The van der Waals surface area contributed by atoms with E-state index in [1.807, 2.05) is 0 Å². The second-order valence-corrected chi connectivity index (χ2v) is 4.97. The molecule has 0 saturated carbocycles. The number of aldehydes is 1. The average molecular weight is 249 g/mol. The maximum Gasteiger partial charge on any atom is 0.150 e. The highest BCUT2D eigenvalue weighted by molar-refractivity contribution is 5.77. The third-order valence-corrected chi connectivity index (χ3v) is 3.72. The van der Waals surface area contributed by atoms with Gasteiger partial charge in [-0.05, 0) is 37.5 Å². The summed E-state index contributed by atoms with van der Waals surface area (Å²) in [5.41, 5.74) is 1.27. The van der Waals surface area contributed by atoms with Gasteiger partial charge in [-0.15, -0.1) is 0 Å². The van der Waals surface area contributed by atoms with Crippen LogP contribution < -0.4 is 4.90 Å². The fraction of sp³-hybridized carbons (Fsp3) is 0.533. The Morgan fingerprint density at radius 1 is 1.33 bits per heavy atom. The predicted octanol–water partition coefficient (Wildman–Crippen LogP) is 3.80. The van der Waals surface area contributed by atoms with E-state index in [1.54, 1.807) is 12.1 Å². The highest BCUT2D eigenvalue weighted by atomic mass is 19.1. The Bertz CT molecular complexity index is 419. The van der Waals surface area contributed by atoms with Gasteiger partial charge in [-0.1, -0.05) is 19.8 Å². The van der Waals surface area contributed by atoms with Crippen molar-refractivity contribution in [1.82, 2.24) is 0 Å². The zero-order valence-electron chi connectivity index (χ0n) is 10.9. The Kier molecular flexibility index (Phi) is 4.34. The van der Waals surface area contributed by atoms with E-state index in [1.165, 1.54) is 18.9 Å². The molecule has 2 rings (SSSR count). The molecule has 1 atom stereocenters. The fourth-order valence-electron chi connectivity index (χ4n) is 2.77. The Balaban J connectivity index is 2.31. The summed E-state index contributed by atoms with van der Waals surface area (Å²) in [6.45, 7) is 3.13. The molecule has 2 nitrogen and oxygen atoms in total. The Morgan fingerprint density at radius 2 is 2.17 bits per heavy atom. The zero-order chi connectivity index (χ0) is 13.0. The van der Waals surface area contributed by atoms with E-state index in [4.69, 9.17) is 0 Å². The van der Waals surface area contributed by atoms with Crippen LogP contribution in [-0.4, -0.2) is 18.9 Å². The minimum absolute atomic E-state index is 0.325. The van der Waals surface area contributed by atoms with Gasteiger partial charge in [-0.2, -0.15) is 0 Å². The topological polar surface area (TPSA) is 20.3 Å². The lowest BCUT2D eigenvalue weighted by Gasteiger charge is -2.31. The second kappa shape index (κ2) is 5.98. The van der Waals surface area contributed by atoms with Gasteiger partial charge < -0.3 is 4.90 Å². The van der Waals surface area contributed by atoms with Crippen molar-refractivity contribution in [2.45, 2.75) is 45.1 Å². The van der Waals surface area contributed by atoms with Gasteiger partial charge in [0, 0.05) is 23.8 Å². The SMILES string of the molecule is CCC1CCCCCN1c1cc(F)cc(C=O)c1. The first-order chi connectivity index (χ1) is 8.74. The first kappa shape index (κ1) is 13.1. The smallest absolute Gasteiger partial charge is 0.150 e. The van der Waals surface area contributed by atoms with Crippen molar-refractivity contribution >= 4 is 12.0 Å². The largest absolute Gasteiger partial charge is 0.368 e. The number of benzene rings is 1. The molecular formula is C15H20FNO. The van der Waals surface area contributed by atoms with Gasteiger partial charge in [0.2, 0.25) is 0 Å². The Morgan fingerprint density at radius 3 is 2.89 bits per heavy atom. The number of anilines is 1. The summed E-state index contributed by atoms with van der Waals surface area (Å²) >= 11 is 0. The lowest BCUT2D eigenvalue weighted by atomic mass is 10.1. The molecular weight excluding hydrogens is 229 g/mol. The molecule has 1 aliphatic rings. The molecule has 1 unspecified atom stereocenters. The number of hydrogen-bond acceptors (Lipinski definition) is 2. The molecule has 1 fully saturated rings. The molecule has 0 bridgehead atoms. The number of halogens is 1. The van der Waals surface area contributed by atoms with Crippen LogP contribution in [-0.2, 0) is 0 Å². The van der Waals surface area contributed by atoms with E-state index in [0.717, 1.165) is 31.5 Å². The van der Waals surface area contributed by atoms with Crippen LogP contribution in [0.25, 0.3) is 0 Å². The number of nitrogens with zero attached hydrogens (tertiary/aromatic N) is 1. The number of carbonyl (C=O) groups excluding carboxylic acids is 1. The molecule has 0 amide bonds. The van der Waals surface area contributed by atoms with E-state index in [9.17, 15) is 9.18 Å². The highest BCUT2D eigenvalue weighted by Gasteiger charge is 2.20. The third-order valence-electron chi connectivity index (χ3n) is 3.72. The number of rotatable bonds is 3. The van der Waals surface area contributed by atoms with Gasteiger partial charge >= 0.3 is 0 Å². The predicted molar refractivity (Wildman–Crippen MR) is 71.7 cm³/mol. The van der Waals surface area contributed by atoms with E-state index in [2.05, 4.69) is 11.8 Å². The third kappa shape index (κ3) is 2.89. The van der Waals surface area contributed by atoms with Crippen LogP contribution in [0.4, 0.5) is 10.1 Å². The zero-order valence-corrected chi connectivity index (χ0v) is 10.9. The van der Waals surface area contributed by atoms with Crippen LogP contribution in [0.2, 0.25) is 0 Å². The van der Waals surface area contributed by atoms with Crippen molar-refractivity contribution in [2.24, 2.45) is 0 Å². The van der Waals surface area contributed by atoms with E-state index in [-0.39, 0.29) is 5.82 Å². The van der Waals surface area contributed by atoms with Crippen molar-refractivity contribution in [3.8, 4) is 0 Å².